The van der Waals surface area contributed by atoms with Gasteiger partial charge in [0.1, 0.15) is 0 Å². The van der Waals surface area contributed by atoms with Gasteiger partial charge in [-0.1, -0.05) is 85.1 Å². The van der Waals surface area contributed by atoms with Gasteiger partial charge in [-0.15, -0.1) is 0 Å². The van der Waals surface area contributed by atoms with E-state index in [2.05, 4.69) is 35.0 Å². The summed E-state index contributed by atoms with van der Waals surface area (Å²) in [6, 6.07) is 8.29. The van der Waals surface area contributed by atoms with Crippen LogP contribution in [0.4, 0.5) is 0 Å². The third-order valence-corrected chi connectivity index (χ3v) is 4.79. The van der Waals surface area contributed by atoms with Crippen molar-refractivity contribution >= 4 is 27.5 Å². The van der Waals surface area contributed by atoms with Crippen molar-refractivity contribution in [2.24, 2.45) is 5.92 Å². The van der Waals surface area contributed by atoms with Gasteiger partial charge in [-0.3, -0.25) is 0 Å². The molecule has 108 valence electrons. The molecule has 1 rings (SSSR count). The summed E-state index contributed by atoms with van der Waals surface area (Å²) in [7, 11) is 0. The van der Waals surface area contributed by atoms with E-state index in [4.69, 9.17) is 11.6 Å². The summed E-state index contributed by atoms with van der Waals surface area (Å²) in [4.78, 5) is 0. The number of benzene rings is 1. The minimum Gasteiger partial charge on any atom is -0.0925 e. The molecule has 0 aliphatic rings. The maximum atomic E-state index is 5.92. The van der Waals surface area contributed by atoms with Crippen LogP contribution in [-0.2, 0) is 6.42 Å². The molecule has 1 aromatic carbocycles. The van der Waals surface area contributed by atoms with Gasteiger partial charge in [-0.25, -0.2) is 0 Å². The maximum absolute atomic E-state index is 5.92. The molecule has 0 aromatic heterocycles. The minimum absolute atomic E-state index is 0.757. The zero-order valence-electron chi connectivity index (χ0n) is 12.0. The summed E-state index contributed by atoms with van der Waals surface area (Å²) in [5.41, 5.74) is 1.40. The van der Waals surface area contributed by atoms with Crippen molar-refractivity contribution in [3.63, 3.8) is 0 Å². The fourth-order valence-corrected chi connectivity index (χ4v) is 3.08. The lowest BCUT2D eigenvalue weighted by Crippen LogP contribution is -2.06. The Kier molecular flexibility index (Phi) is 9.63. The zero-order valence-corrected chi connectivity index (χ0v) is 14.3. The van der Waals surface area contributed by atoms with Crippen LogP contribution in [0, 0.1) is 5.92 Å². The predicted octanol–water partition coefficient (Wildman–Crippen LogP) is 6.64. The first-order valence-corrected chi connectivity index (χ1v) is 9.06. The van der Waals surface area contributed by atoms with Gasteiger partial charge < -0.3 is 0 Å². The van der Waals surface area contributed by atoms with E-state index in [1.54, 1.807) is 0 Å². The molecular weight excluding hydrogens is 320 g/mol. The van der Waals surface area contributed by atoms with E-state index in [-0.39, 0.29) is 0 Å². The quantitative estimate of drug-likeness (QED) is 0.329. The molecule has 2 heteroatoms. The Morgan fingerprint density at radius 1 is 1.00 bits per heavy atom. The van der Waals surface area contributed by atoms with Gasteiger partial charge in [0.25, 0.3) is 0 Å². The van der Waals surface area contributed by atoms with E-state index in [9.17, 15) is 0 Å². The molecule has 0 aliphatic heterocycles. The topological polar surface area (TPSA) is 0 Å². The van der Waals surface area contributed by atoms with Gasteiger partial charge in [0.15, 0.2) is 0 Å². The highest BCUT2D eigenvalue weighted by Gasteiger charge is 2.08. The summed E-state index contributed by atoms with van der Waals surface area (Å²) in [6.45, 7) is 2.27. The molecule has 0 N–H and O–H groups in total. The molecule has 0 nitrogen and oxygen atoms in total. The molecule has 0 amide bonds. The lowest BCUT2D eigenvalue weighted by atomic mass is 9.95. The molecule has 0 bridgehead atoms. The van der Waals surface area contributed by atoms with Crippen LogP contribution in [0.3, 0.4) is 0 Å². The van der Waals surface area contributed by atoms with Gasteiger partial charge in [0.05, 0.1) is 0 Å². The molecule has 0 heterocycles. The van der Waals surface area contributed by atoms with E-state index in [0.29, 0.717) is 0 Å². The third kappa shape index (κ3) is 7.99. The van der Waals surface area contributed by atoms with Crippen molar-refractivity contribution in [1.29, 1.82) is 0 Å². The van der Waals surface area contributed by atoms with Crippen molar-refractivity contribution in [3.8, 4) is 0 Å². The highest BCUT2D eigenvalue weighted by atomic mass is 79.9. The van der Waals surface area contributed by atoms with E-state index < -0.39 is 0 Å². The van der Waals surface area contributed by atoms with Crippen LogP contribution in [0.2, 0.25) is 5.02 Å². The maximum Gasteiger partial charge on any atom is 0.0406 e. The van der Waals surface area contributed by atoms with E-state index >= 15 is 0 Å². The fourth-order valence-electron chi connectivity index (χ4n) is 2.40. The highest BCUT2D eigenvalue weighted by Crippen LogP contribution is 2.20. The van der Waals surface area contributed by atoms with Crippen LogP contribution in [0.25, 0.3) is 0 Å². The average Bonchev–Trinajstić information content (AvgIpc) is 2.43. The predicted molar refractivity (Wildman–Crippen MR) is 90.4 cm³/mol. The van der Waals surface area contributed by atoms with Crippen molar-refractivity contribution in [3.05, 3.63) is 34.9 Å². The van der Waals surface area contributed by atoms with E-state index in [1.165, 1.54) is 50.5 Å². The van der Waals surface area contributed by atoms with Crippen molar-refractivity contribution < 1.29 is 0 Å². The Morgan fingerprint density at radius 2 is 1.63 bits per heavy atom. The van der Waals surface area contributed by atoms with Crippen LogP contribution in [-0.4, -0.2) is 5.33 Å². The van der Waals surface area contributed by atoms with Crippen molar-refractivity contribution in [2.75, 3.05) is 5.33 Å². The number of hydrogen-bond donors (Lipinski definition) is 0. The van der Waals surface area contributed by atoms with Crippen LogP contribution in [0.1, 0.15) is 57.4 Å². The smallest absolute Gasteiger partial charge is 0.0406 e. The Morgan fingerprint density at radius 3 is 2.26 bits per heavy atom. The second-order valence-corrected chi connectivity index (χ2v) is 6.49. The number of unbranched alkanes of at least 4 members (excludes halogenated alkanes) is 5. The molecule has 0 saturated carbocycles. The molecule has 0 saturated heterocycles. The molecule has 1 aromatic rings. The first-order chi connectivity index (χ1) is 9.26. The second-order valence-electron chi connectivity index (χ2n) is 5.41. The van der Waals surface area contributed by atoms with Gasteiger partial charge >= 0.3 is 0 Å². The highest BCUT2D eigenvalue weighted by molar-refractivity contribution is 9.09. The van der Waals surface area contributed by atoms with Gasteiger partial charge in [0.2, 0.25) is 0 Å². The first-order valence-electron chi connectivity index (χ1n) is 7.56. The molecule has 0 fully saturated rings. The fraction of sp³-hybridized carbons (Fsp3) is 0.647. The molecule has 1 atom stereocenters. The minimum atomic E-state index is 0.757. The lowest BCUT2D eigenvalue weighted by molar-refractivity contribution is 0.489. The third-order valence-electron chi connectivity index (χ3n) is 3.62. The van der Waals surface area contributed by atoms with Crippen molar-refractivity contribution in [1.82, 2.24) is 0 Å². The Labute approximate surface area is 132 Å². The van der Waals surface area contributed by atoms with Crippen LogP contribution < -0.4 is 0 Å². The van der Waals surface area contributed by atoms with Crippen LogP contribution in [0.15, 0.2) is 24.3 Å². The monoisotopic (exact) mass is 344 g/mol. The SMILES string of the molecule is CCCCCCCCC(CBr)Cc1ccc(Cl)cc1. The molecular formula is C17H26BrCl. The number of halogens is 2. The van der Waals surface area contributed by atoms with Gasteiger partial charge in [-0.05, 0) is 36.5 Å². The number of hydrogen-bond acceptors (Lipinski definition) is 0. The van der Waals surface area contributed by atoms with E-state index in [0.717, 1.165) is 22.7 Å². The Bertz CT molecular complexity index is 321. The summed E-state index contributed by atoms with van der Waals surface area (Å²) >= 11 is 9.57. The molecule has 1 unspecified atom stereocenters. The summed E-state index contributed by atoms with van der Waals surface area (Å²) in [5.74, 6) is 0.757. The molecule has 0 radical (unpaired) electrons. The first kappa shape index (κ1) is 17.0. The standard InChI is InChI=1S/C17H26BrCl/c1-2-3-4-5-6-7-8-16(14-18)13-15-9-11-17(19)12-10-15/h9-12,16H,2-8,13-14H2,1H3. The zero-order chi connectivity index (χ0) is 13.9. The molecule has 0 aliphatic carbocycles. The Balaban J connectivity index is 2.20. The van der Waals surface area contributed by atoms with E-state index in [1.807, 2.05) is 12.1 Å². The largest absolute Gasteiger partial charge is 0.0925 e. The summed E-state index contributed by atoms with van der Waals surface area (Å²) in [5, 5.41) is 1.93. The summed E-state index contributed by atoms with van der Waals surface area (Å²) in [6.07, 6.45) is 10.8. The Hall–Kier alpha value is -0.0100. The van der Waals surface area contributed by atoms with Crippen LogP contribution >= 0.6 is 27.5 Å². The average molecular weight is 346 g/mol. The lowest BCUT2D eigenvalue weighted by Gasteiger charge is -2.14. The summed E-state index contributed by atoms with van der Waals surface area (Å²) < 4.78 is 0. The number of rotatable bonds is 10. The van der Waals surface area contributed by atoms with Gasteiger partial charge in [-0.2, -0.15) is 0 Å². The number of alkyl halides is 1. The molecule has 19 heavy (non-hydrogen) atoms. The van der Waals surface area contributed by atoms with Gasteiger partial charge in [0, 0.05) is 10.4 Å². The van der Waals surface area contributed by atoms with Crippen LogP contribution in [0.5, 0.6) is 0 Å². The van der Waals surface area contributed by atoms with Crippen molar-refractivity contribution in [2.45, 2.75) is 58.3 Å². The normalized spacial score (nSPS) is 12.6. The molecule has 0 spiro atoms. The second kappa shape index (κ2) is 10.7.